The second-order valence-corrected chi connectivity index (χ2v) is 1.12. The summed E-state index contributed by atoms with van der Waals surface area (Å²) in [6, 6.07) is 0. The SMILES string of the molecule is O=[C]C(CF)CF. The van der Waals surface area contributed by atoms with E-state index in [0.717, 1.165) is 0 Å². The fourth-order valence-electron chi connectivity index (χ4n) is 0.104. The molecule has 1 radical (unpaired) electrons. The quantitative estimate of drug-likeness (QED) is 0.517. The van der Waals surface area contributed by atoms with Gasteiger partial charge in [0.1, 0.15) is 13.3 Å². The minimum absolute atomic E-state index is 0.944. The predicted molar refractivity (Wildman–Crippen MR) is 21.1 cm³/mol. The summed E-state index contributed by atoms with van der Waals surface area (Å²) in [5.74, 6) is -1.15. The second-order valence-electron chi connectivity index (χ2n) is 1.12. The molecule has 0 amide bonds. The molecule has 0 aliphatic carbocycles. The molecule has 0 saturated carbocycles. The Hall–Kier alpha value is -0.470. The zero-order chi connectivity index (χ0) is 5.70. The van der Waals surface area contributed by atoms with Crippen molar-refractivity contribution in [2.45, 2.75) is 0 Å². The topological polar surface area (TPSA) is 17.1 Å². The summed E-state index contributed by atoms with van der Waals surface area (Å²) < 4.78 is 22.3. The molecule has 0 aromatic carbocycles. The highest BCUT2D eigenvalue weighted by Crippen LogP contribution is 1.91. The molecule has 0 heterocycles. The van der Waals surface area contributed by atoms with Crippen molar-refractivity contribution in [3.05, 3.63) is 0 Å². The van der Waals surface area contributed by atoms with Crippen LogP contribution in [0.25, 0.3) is 0 Å². The van der Waals surface area contributed by atoms with Crippen LogP contribution in [-0.2, 0) is 4.79 Å². The summed E-state index contributed by atoms with van der Waals surface area (Å²) >= 11 is 0. The van der Waals surface area contributed by atoms with Gasteiger partial charge in [0.2, 0.25) is 6.29 Å². The summed E-state index contributed by atoms with van der Waals surface area (Å²) in [7, 11) is 0. The van der Waals surface area contributed by atoms with E-state index in [0.29, 0.717) is 0 Å². The van der Waals surface area contributed by atoms with Gasteiger partial charge in [0.15, 0.2) is 0 Å². The van der Waals surface area contributed by atoms with E-state index in [1.54, 1.807) is 0 Å². The van der Waals surface area contributed by atoms with E-state index in [-0.39, 0.29) is 0 Å². The molecular formula is C4H5F2O. The van der Waals surface area contributed by atoms with Crippen molar-refractivity contribution in [1.82, 2.24) is 0 Å². The molecule has 0 atom stereocenters. The van der Waals surface area contributed by atoms with E-state index >= 15 is 0 Å². The minimum Gasteiger partial charge on any atom is -0.290 e. The van der Waals surface area contributed by atoms with Gasteiger partial charge < -0.3 is 0 Å². The van der Waals surface area contributed by atoms with Gasteiger partial charge in [-0.15, -0.1) is 0 Å². The molecule has 0 fully saturated rings. The monoisotopic (exact) mass is 107 g/mol. The fraction of sp³-hybridized carbons (Fsp3) is 0.750. The van der Waals surface area contributed by atoms with Gasteiger partial charge in [0, 0.05) is 0 Å². The number of hydrogen-bond acceptors (Lipinski definition) is 1. The van der Waals surface area contributed by atoms with Crippen molar-refractivity contribution < 1.29 is 13.6 Å². The lowest BCUT2D eigenvalue weighted by Crippen LogP contribution is -2.05. The van der Waals surface area contributed by atoms with E-state index in [1.807, 2.05) is 0 Å². The number of rotatable bonds is 3. The molecule has 0 aliphatic rings. The third-order valence-corrected chi connectivity index (χ3v) is 0.539. The van der Waals surface area contributed by atoms with E-state index in [1.165, 1.54) is 6.29 Å². The number of hydrogen-bond donors (Lipinski definition) is 0. The fourth-order valence-corrected chi connectivity index (χ4v) is 0.104. The van der Waals surface area contributed by atoms with Crippen LogP contribution in [0.15, 0.2) is 0 Å². The highest BCUT2D eigenvalue weighted by atomic mass is 19.1. The third kappa shape index (κ3) is 2.25. The first-order valence-corrected chi connectivity index (χ1v) is 1.84. The van der Waals surface area contributed by atoms with Crippen molar-refractivity contribution in [3.63, 3.8) is 0 Å². The number of alkyl halides is 2. The lowest BCUT2D eigenvalue weighted by Gasteiger charge is -1.90. The first-order chi connectivity index (χ1) is 3.35. The van der Waals surface area contributed by atoms with Gasteiger partial charge >= 0.3 is 0 Å². The standard InChI is InChI=1S/C4H5F2O/c5-1-4(2-6)3-7/h4H,1-2H2. The largest absolute Gasteiger partial charge is 0.290 e. The molecule has 3 heteroatoms. The average Bonchev–Trinajstić information content (AvgIpc) is 1.72. The van der Waals surface area contributed by atoms with E-state index < -0.39 is 19.3 Å². The normalized spacial score (nSPS) is 9.57. The van der Waals surface area contributed by atoms with Crippen molar-refractivity contribution >= 4 is 6.29 Å². The van der Waals surface area contributed by atoms with Gasteiger partial charge in [-0.2, -0.15) is 0 Å². The minimum atomic E-state index is -1.15. The van der Waals surface area contributed by atoms with Crippen LogP contribution in [0.5, 0.6) is 0 Å². The maximum Gasteiger partial charge on any atom is 0.207 e. The number of halogens is 2. The maximum absolute atomic E-state index is 11.2. The Morgan fingerprint density at radius 1 is 1.43 bits per heavy atom. The van der Waals surface area contributed by atoms with E-state index in [4.69, 9.17) is 0 Å². The van der Waals surface area contributed by atoms with Crippen LogP contribution >= 0.6 is 0 Å². The van der Waals surface area contributed by atoms with Crippen LogP contribution in [0.2, 0.25) is 0 Å². The molecule has 0 spiro atoms. The van der Waals surface area contributed by atoms with Gasteiger partial charge in [-0.3, -0.25) is 13.6 Å². The maximum atomic E-state index is 11.2. The first kappa shape index (κ1) is 6.53. The molecular weight excluding hydrogens is 102 g/mol. The Bertz CT molecular complexity index is 51.7. The van der Waals surface area contributed by atoms with Crippen LogP contribution in [0.3, 0.4) is 0 Å². The van der Waals surface area contributed by atoms with Crippen LogP contribution in [0, 0.1) is 5.92 Å². The van der Waals surface area contributed by atoms with Gasteiger partial charge in [-0.1, -0.05) is 0 Å². The summed E-state index contributed by atoms with van der Waals surface area (Å²) in [5, 5.41) is 0. The van der Waals surface area contributed by atoms with Crippen LogP contribution in [0.1, 0.15) is 0 Å². The molecule has 0 N–H and O–H groups in total. The molecule has 0 aromatic rings. The summed E-state index contributed by atoms with van der Waals surface area (Å²) in [4.78, 5) is 9.36. The molecule has 0 aromatic heterocycles. The smallest absolute Gasteiger partial charge is 0.207 e. The van der Waals surface area contributed by atoms with Crippen molar-refractivity contribution in [1.29, 1.82) is 0 Å². The zero-order valence-electron chi connectivity index (χ0n) is 3.66. The van der Waals surface area contributed by atoms with Gasteiger partial charge in [-0.25, -0.2) is 0 Å². The lowest BCUT2D eigenvalue weighted by atomic mass is 10.2. The molecule has 1 nitrogen and oxygen atoms in total. The van der Waals surface area contributed by atoms with Crippen molar-refractivity contribution in [3.8, 4) is 0 Å². The van der Waals surface area contributed by atoms with Crippen LogP contribution < -0.4 is 0 Å². The van der Waals surface area contributed by atoms with Crippen molar-refractivity contribution in [2.24, 2.45) is 5.92 Å². The second kappa shape index (κ2) is 3.71. The molecule has 0 saturated heterocycles. The summed E-state index contributed by atoms with van der Waals surface area (Å²) in [5.41, 5.74) is 0. The first-order valence-electron chi connectivity index (χ1n) is 1.84. The lowest BCUT2D eigenvalue weighted by molar-refractivity contribution is 0.338. The predicted octanol–water partition coefficient (Wildman–Crippen LogP) is 0.651. The Balaban J connectivity index is 3.16. The molecule has 0 bridgehead atoms. The van der Waals surface area contributed by atoms with Gasteiger partial charge in [0.25, 0.3) is 0 Å². The Morgan fingerprint density at radius 2 is 1.86 bits per heavy atom. The molecule has 7 heavy (non-hydrogen) atoms. The molecule has 0 unspecified atom stereocenters. The number of carbonyl (C=O) groups excluding carboxylic acids is 1. The van der Waals surface area contributed by atoms with Crippen LogP contribution in [-0.4, -0.2) is 19.6 Å². The average molecular weight is 107 g/mol. The molecule has 0 aliphatic heterocycles. The highest BCUT2D eigenvalue weighted by Gasteiger charge is 2.04. The Labute approximate surface area is 40.3 Å². The van der Waals surface area contributed by atoms with Crippen molar-refractivity contribution in [2.75, 3.05) is 13.3 Å². The Kier molecular flexibility index (Phi) is 3.46. The highest BCUT2D eigenvalue weighted by molar-refractivity contribution is 5.54. The molecule has 0 rings (SSSR count). The van der Waals surface area contributed by atoms with Crippen LogP contribution in [0.4, 0.5) is 8.78 Å². The van der Waals surface area contributed by atoms with Gasteiger partial charge in [-0.05, 0) is 0 Å². The van der Waals surface area contributed by atoms with Gasteiger partial charge in [0.05, 0.1) is 5.92 Å². The summed E-state index contributed by atoms with van der Waals surface area (Å²) in [6.07, 6.45) is 1.20. The van der Waals surface area contributed by atoms with E-state index in [2.05, 4.69) is 0 Å². The van der Waals surface area contributed by atoms with E-state index in [9.17, 15) is 13.6 Å². The zero-order valence-corrected chi connectivity index (χ0v) is 3.66. The third-order valence-electron chi connectivity index (χ3n) is 0.539. The summed E-state index contributed by atoms with van der Waals surface area (Å²) in [6.45, 7) is -1.89. The molecule has 41 valence electrons. The Morgan fingerprint density at radius 3 is 1.86 bits per heavy atom.